The largest absolute Gasteiger partial charge is 0.381 e. The van der Waals surface area contributed by atoms with Gasteiger partial charge in [-0.15, -0.1) is 4.48 Å². The summed E-state index contributed by atoms with van der Waals surface area (Å²) in [6.45, 7) is 3.88. The number of carbonyl (C=O) groups is 2. The van der Waals surface area contributed by atoms with E-state index in [0.717, 1.165) is 5.54 Å². The third kappa shape index (κ3) is 5.65. The van der Waals surface area contributed by atoms with Gasteiger partial charge in [0.25, 0.3) is 5.91 Å². The van der Waals surface area contributed by atoms with Crippen LogP contribution in [0.3, 0.4) is 0 Å². The van der Waals surface area contributed by atoms with Gasteiger partial charge in [0, 0.05) is 19.6 Å². The van der Waals surface area contributed by atoms with Crippen LogP contribution in [-0.2, 0) is 14.3 Å². The smallest absolute Gasteiger partial charge is 0.252 e. The van der Waals surface area contributed by atoms with Crippen LogP contribution in [0.1, 0.15) is 20.3 Å². The molecule has 2 N–H and O–H groups in total. The standard InChI is InChI=1S/C10H19FN2O3/c1-7(9(14)12-3)4-5-16-6-8(2)10(15)13-11/h7-8H,4-6H2,1-3H3,(H,12,14)(H,13,15). The van der Waals surface area contributed by atoms with Gasteiger partial charge < -0.3 is 10.1 Å². The molecule has 0 aromatic rings. The van der Waals surface area contributed by atoms with Crippen molar-refractivity contribution in [2.45, 2.75) is 20.3 Å². The number of rotatable bonds is 7. The maximum atomic E-state index is 11.7. The van der Waals surface area contributed by atoms with Gasteiger partial charge in [-0.25, -0.2) is 0 Å². The minimum atomic E-state index is -0.695. The van der Waals surface area contributed by atoms with Crippen LogP contribution < -0.4 is 10.9 Å². The third-order valence-corrected chi connectivity index (χ3v) is 2.30. The van der Waals surface area contributed by atoms with Crippen LogP contribution in [0.5, 0.6) is 0 Å². The van der Waals surface area contributed by atoms with E-state index in [-0.39, 0.29) is 18.4 Å². The Balaban J connectivity index is 3.60. The zero-order valence-corrected chi connectivity index (χ0v) is 9.88. The van der Waals surface area contributed by atoms with Crippen LogP contribution in [-0.4, -0.2) is 32.1 Å². The summed E-state index contributed by atoms with van der Waals surface area (Å²) in [5, 5.41) is 2.53. The van der Waals surface area contributed by atoms with E-state index in [1.807, 2.05) is 0 Å². The normalized spacial score (nSPS) is 14.0. The number of nitrogens with one attached hydrogen (secondary N) is 2. The van der Waals surface area contributed by atoms with Crippen LogP contribution in [0.15, 0.2) is 0 Å². The average molecular weight is 234 g/mol. The minimum Gasteiger partial charge on any atom is -0.381 e. The Morgan fingerprint density at radius 2 is 1.88 bits per heavy atom. The molecular formula is C10H19FN2O3. The zero-order chi connectivity index (χ0) is 12.6. The highest BCUT2D eigenvalue weighted by atomic mass is 19.2. The Bertz CT molecular complexity index is 212. The van der Waals surface area contributed by atoms with Crippen LogP contribution in [0, 0.1) is 11.8 Å². The molecule has 6 heteroatoms. The number of carbonyl (C=O) groups excluding carboxylic acids is 2. The van der Waals surface area contributed by atoms with E-state index in [1.165, 1.54) is 0 Å². The Labute approximate surface area is 94.7 Å². The Morgan fingerprint density at radius 3 is 2.38 bits per heavy atom. The van der Waals surface area contributed by atoms with Crippen LogP contribution >= 0.6 is 0 Å². The molecule has 5 nitrogen and oxygen atoms in total. The molecule has 94 valence electrons. The van der Waals surface area contributed by atoms with Gasteiger partial charge in [-0.1, -0.05) is 13.8 Å². The predicted molar refractivity (Wildman–Crippen MR) is 57.1 cm³/mol. The first kappa shape index (κ1) is 14.8. The lowest BCUT2D eigenvalue weighted by molar-refractivity contribution is -0.131. The molecule has 2 amide bonds. The topological polar surface area (TPSA) is 67.4 Å². The van der Waals surface area contributed by atoms with Crippen LogP contribution in [0.4, 0.5) is 4.48 Å². The van der Waals surface area contributed by atoms with Crippen molar-refractivity contribution < 1.29 is 18.8 Å². The van der Waals surface area contributed by atoms with Crippen LogP contribution in [0.25, 0.3) is 0 Å². The summed E-state index contributed by atoms with van der Waals surface area (Å²) in [4.78, 5) is 21.9. The fourth-order valence-corrected chi connectivity index (χ4v) is 1.07. The molecule has 2 unspecified atom stereocenters. The highest BCUT2D eigenvalue weighted by Crippen LogP contribution is 2.03. The molecular weight excluding hydrogens is 215 g/mol. The summed E-state index contributed by atoms with van der Waals surface area (Å²) >= 11 is 0. The van der Waals surface area contributed by atoms with E-state index in [2.05, 4.69) is 5.32 Å². The summed E-state index contributed by atoms with van der Waals surface area (Å²) in [7, 11) is 1.58. The van der Waals surface area contributed by atoms with Gasteiger partial charge in [-0.2, -0.15) is 5.54 Å². The van der Waals surface area contributed by atoms with Crippen molar-refractivity contribution in [3.05, 3.63) is 0 Å². The van der Waals surface area contributed by atoms with Gasteiger partial charge in [0.1, 0.15) is 0 Å². The summed E-state index contributed by atoms with van der Waals surface area (Å²) in [6.07, 6.45) is 0.573. The second-order valence-electron chi connectivity index (χ2n) is 3.74. The number of amides is 2. The van der Waals surface area contributed by atoms with Gasteiger partial charge >= 0.3 is 0 Å². The highest BCUT2D eigenvalue weighted by Gasteiger charge is 2.14. The van der Waals surface area contributed by atoms with Gasteiger partial charge in [-0.05, 0) is 6.42 Å². The summed E-state index contributed by atoms with van der Waals surface area (Å²) in [5.74, 6) is -1.40. The number of halogens is 1. The molecule has 0 heterocycles. The lowest BCUT2D eigenvalue weighted by Crippen LogP contribution is -2.28. The maximum Gasteiger partial charge on any atom is 0.252 e. The van der Waals surface area contributed by atoms with Gasteiger partial charge in [0.05, 0.1) is 12.5 Å². The van der Waals surface area contributed by atoms with E-state index < -0.39 is 11.8 Å². The van der Waals surface area contributed by atoms with Crippen molar-refractivity contribution in [1.82, 2.24) is 10.9 Å². The van der Waals surface area contributed by atoms with E-state index >= 15 is 0 Å². The zero-order valence-electron chi connectivity index (χ0n) is 9.88. The van der Waals surface area contributed by atoms with Crippen molar-refractivity contribution in [2.75, 3.05) is 20.3 Å². The highest BCUT2D eigenvalue weighted by molar-refractivity contribution is 5.78. The quantitative estimate of drug-likeness (QED) is 0.495. The number of hydrogen-bond donors (Lipinski definition) is 2. The maximum absolute atomic E-state index is 11.7. The lowest BCUT2D eigenvalue weighted by atomic mass is 10.1. The summed E-state index contributed by atoms with van der Waals surface area (Å²) in [6, 6.07) is 0. The first-order valence-electron chi connectivity index (χ1n) is 5.22. The van der Waals surface area contributed by atoms with Crippen molar-refractivity contribution in [3.8, 4) is 0 Å². The van der Waals surface area contributed by atoms with Crippen molar-refractivity contribution in [1.29, 1.82) is 0 Å². The Kier molecular flexibility index (Phi) is 7.45. The fraction of sp³-hybridized carbons (Fsp3) is 0.800. The van der Waals surface area contributed by atoms with Gasteiger partial charge in [0.2, 0.25) is 5.91 Å². The molecule has 2 atom stereocenters. The van der Waals surface area contributed by atoms with E-state index in [4.69, 9.17) is 4.74 Å². The van der Waals surface area contributed by atoms with E-state index in [0.29, 0.717) is 13.0 Å². The monoisotopic (exact) mass is 234 g/mol. The molecule has 0 spiro atoms. The minimum absolute atomic E-state index is 0.0434. The Morgan fingerprint density at radius 1 is 1.25 bits per heavy atom. The number of ether oxygens (including phenoxy) is 1. The van der Waals surface area contributed by atoms with E-state index in [9.17, 15) is 14.1 Å². The average Bonchev–Trinajstić information content (AvgIpc) is 2.31. The van der Waals surface area contributed by atoms with Crippen LogP contribution in [0.2, 0.25) is 0 Å². The first-order valence-corrected chi connectivity index (χ1v) is 5.22. The molecule has 0 saturated carbocycles. The molecule has 0 aromatic carbocycles. The molecule has 16 heavy (non-hydrogen) atoms. The molecule has 0 aliphatic carbocycles. The van der Waals surface area contributed by atoms with E-state index in [1.54, 1.807) is 20.9 Å². The number of hydrogen-bond acceptors (Lipinski definition) is 3. The molecule has 0 fully saturated rings. The second kappa shape index (κ2) is 8.04. The molecule has 0 bridgehead atoms. The molecule has 0 saturated heterocycles. The fourth-order valence-electron chi connectivity index (χ4n) is 1.07. The molecule has 0 radical (unpaired) electrons. The predicted octanol–water partition coefficient (Wildman–Crippen LogP) is 0.412. The van der Waals surface area contributed by atoms with Crippen molar-refractivity contribution >= 4 is 11.8 Å². The van der Waals surface area contributed by atoms with Gasteiger partial charge in [0.15, 0.2) is 0 Å². The summed E-state index contributed by atoms with van der Waals surface area (Å²) < 4.78 is 16.9. The summed E-state index contributed by atoms with van der Waals surface area (Å²) in [5.41, 5.74) is 1.06. The van der Waals surface area contributed by atoms with Crippen molar-refractivity contribution in [3.63, 3.8) is 0 Å². The first-order chi connectivity index (χ1) is 7.52. The third-order valence-electron chi connectivity index (χ3n) is 2.30. The SMILES string of the molecule is CNC(=O)C(C)CCOCC(C)C(=O)NF. The molecule has 0 aromatic heterocycles. The lowest BCUT2D eigenvalue weighted by Gasteiger charge is -2.12. The van der Waals surface area contributed by atoms with Gasteiger partial charge in [-0.3, -0.25) is 9.59 Å². The Hall–Kier alpha value is -1.17. The molecule has 0 rings (SSSR count). The second-order valence-corrected chi connectivity index (χ2v) is 3.74. The molecule has 0 aliphatic rings. The van der Waals surface area contributed by atoms with Crippen molar-refractivity contribution in [2.24, 2.45) is 11.8 Å². The molecule has 0 aliphatic heterocycles.